The Hall–Kier alpha value is -1.94. The van der Waals surface area contributed by atoms with Gasteiger partial charge in [-0.15, -0.1) is 0 Å². The van der Waals surface area contributed by atoms with Crippen molar-refractivity contribution in [3.8, 4) is 0 Å². The van der Waals surface area contributed by atoms with E-state index in [1.807, 2.05) is 18.5 Å². The van der Waals surface area contributed by atoms with E-state index < -0.39 is 0 Å². The molecule has 0 saturated carbocycles. The van der Waals surface area contributed by atoms with Gasteiger partial charge in [-0.2, -0.15) is 0 Å². The second-order valence-electron chi connectivity index (χ2n) is 7.07. The summed E-state index contributed by atoms with van der Waals surface area (Å²) < 4.78 is 0. The Labute approximate surface area is 137 Å². The fourth-order valence-electron chi connectivity index (χ4n) is 5.08. The Bertz CT molecular complexity index is 607. The van der Waals surface area contributed by atoms with Crippen LogP contribution < -0.4 is 4.90 Å². The first kappa shape index (κ1) is 13.5. The van der Waals surface area contributed by atoms with Gasteiger partial charge >= 0.3 is 0 Å². The number of fused-ring (bicyclic) bond motifs is 2. The Balaban J connectivity index is 1.57. The first-order valence-electron chi connectivity index (χ1n) is 8.74. The van der Waals surface area contributed by atoms with Crippen molar-refractivity contribution < 1.29 is 0 Å². The van der Waals surface area contributed by atoms with Crippen molar-refractivity contribution in [3.63, 3.8) is 0 Å². The van der Waals surface area contributed by atoms with Crippen LogP contribution in [0.25, 0.3) is 0 Å². The van der Waals surface area contributed by atoms with Gasteiger partial charge in [0.1, 0.15) is 0 Å². The predicted molar refractivity (Wildman–Crippen MR) is 90.4 cm³/mol. The molecule has 2 aromatic rings. The molecule has 4 saturated heterocycles. The van der Waals surface area contributed by atoms with E-state index >= 15 is 0 Å². The fourth-order valence-corrected chi connectivity index (χ4v) is 5.08. The summed E-state index contributed by atoms with van der Waals surface area (Å²) in [5, 5.41) is 0. The van der Waals surface area contributed by atoms with Gasteiger partial charge in [-0.1, -0.05) is 30.3 Å². The number of nitrogens with zero attached hydrogens (tertiary/aromatic N) is 4. The Morgan fingerprint density at radius 3 is 2.35 bits per heavy atom. The fraction of sp³-hybridized carbons (Fsp3) is 0.474. The molecule has 4 aliphatic heterocycles. The maximum Gasteiger partial charge on any atom is 0.225 e. The highest BCUT2D eigenvalue weighted by molar-refractivity contribution is 5.42. The van der Waals surface area contributed by atoms with E-state index in [4.69, 9.17) is 0 Å². The molecule has 4 nitrogen and oxygen atoms in total. The Morgan fingerprint density at radius 2 is 1.61 bits per heavy atom. The molecular formula is C19H22N4. The normalized spacial score (nSPS) is 35.3. The van der Waals surface area contributed by atoms with Crippen LogP contribution >= 0.6 is 0 Å². The minimum atomic E-state index is 0.563. The number of aromatic nitrogens is 2. The van der Waals surface area contributed by atoms with Crippen LogP contribution in [0.2, 0.25) is 0 Å². The van der Waals surface area contributed by atoms with E-state index in [1.54, 1.807) is 0 Å². The van der Waals surface area contributed by atoms with Gasteiger partial charge in [-0.3, -0.25) is 4.90 Å². The first-order valence-corrected chi connectivity index (χ1v) is 8.74. The smallest absolute Gasteiger partial charge is 0.225 e. The number of rotatable bonds is 2. The number of hydrogen-bond donors (Lipinski definition) is 0. The molecule has 2 bridgehead atoms. The molecule has 4 aliphatic rings. The molecular weight excluding hydrogens is 284 g/mol. The molecule has 5 heterocycles. The van der Waals surface area contributed by atoms with E-state index in [-0.39, 0.29) is 0 Å². The number of anilines is 1. The lowest BCUT2D eigenvalue weighted by molar-refractivity contribution is 0.0353. The molecule has 1 aromatic carbocycles. The van der Waals surface area contributed by atoms with Crippen LogP contribution in [0.1, 0.15) is 24.3 Å². The second kappa shape index (κ2) is 5.31. The van der Waals surface area contributed by atoms with Crippen LogP contribution in [0, 0.1) is 5.92 Å². The van der Waals surface area contributed by atoms with Crippen LogP contribution in [-0.2, 0) is 0 Å². The highest BCUT2D eigenvalue weighted by Gasteiger charge is 2.53. The van der Waals surface area contributed by atoms with E-state index in [0.717, 1.165) is 18.4 Å². The number of piperidine rings is 3. The van der Waals surface area contributed by atoms with Crippen molar-refractivity contribution in [3.05, 3.63) is 54.4 Å². The van der Waals surface area contributed by atoms with Gasteiger partial charge in [0, 0.05) is 30.9 Å². The number of benzene rings is 1. The van der Waals surface area contributed by atoms with Crippen LogP contribution in [0.3, 0.4) is 0 Å². The molecule has 0 unspecified atom stereocenters. The topological polar surface area (TPSA) is 32.3 Å². The molecule has 23 heavy (non-hydrogen) atoms. The summed E-state index contributed by atoms with van der Waals surface area (Å²) in [4.78, 5) is 14.3. The Kier molecular flexibility index (Phi) is 3.11. The van der Waals surface area contributed by atoms with Gasteiger partial charge in [-0.25, -0.2) is 9.97 Å². The van der Waals surface area contributed by atoms with Crippen molar-refractivity contribution in [1.82, 2.24) is 14.9 Å². The van der Waals surface area contributed by atoms with Gasteiger partial charge in [0.15, 0.2) is 0 Å². The zero-order valence-corrected chi connectivity index (χ0v) is 13.3. The van der Waals surface area contributed by atoms with Gasteiger partial charge in [0.25, 0.3) is 0 Å². The zero-order chi connectivity index (χ0) is 15.2. The van der Waals surface area contributed by atoms with Gasteiger partial charge in [0.05, 0.1) is 6.04 Å². The van der Waals surface area contributed by atoms with Crippen molar-refractivity contribution in [2.45, 2.75) is 30.8 Å². The largest absolute Gasteiger partial charge is 0.335 e. The molecule has 4 fully saturated rings. The minimum absolute atomic E-state index is 0.563. The summed E-state index contributed by atoms with van der Waals surface area (Å²) in [7, 11) is 0. The van der Waals surface area contributed by atoms with Crippen LogP contribution in [-0.4, -0.2) is 46.6 Å². The quantitative estimate of drug-likeness (QED) is 0.853. The van der Waals surface area contributed by atoms with Crippen molar-refractivity contribution in [1.29, 1.82) is 0 Å². The average Bonchev–Trinajstić information content (AvgIpc) is 3.07. The standard InChI is InChI=1S/C19H22N4/c1-2-5-14(6-3-1)16-13-23(19-20-9-4-10-21-19)17-15-7-11-22(12-8-15)18(16)17/h1-6,9-10,15-18H,7-8,11-13H2/t16-,17+,18+/m0/s1. The van der Waals surface area contributed by atoms with Crippen LogP contribution in [0.4, 0.5) is 5.95 Å². The second-order valence-corrected chi connectivity index (χ2v) is 7.07. The maximum atomic E-state index is 4.56. The number of hydrogen-bond acceptors (Lipinski definition) is 4. The minimum Gasteiger partial charge on any atom is -0.335 e. The highest BCUT2D eigenvalue weighted by Crippen LogP contribution is 2.47. The molecule has 0 aliphatic carbocycles. The van der Waals surface area contributed by atoms with Crippen LogP contribution in [0.15, 0.2) is 48.8 Å². The lowest BCUT2D eigenvalue weighted by atomic mass is 9.75. The molecule has 0 spiro atoms. The van der Waals surface area contributed by atoms with Gasteiger partial charge in [-0.05, 0) is 43.5 Å². The highest BCUT2D eigenvalue weighted by atomic mass is 15.4. The third-order valence-corrected chi connectivity index (χ3v) is 6.03. The van der Waals surface area contributed by atoms with E-state index in [0.29, 0.717) is 18.0 Å². The van der Waals surface area contributed by atoms with Crippen molar-refractivity contribution in [2.75, 3.05) is 24.5 Å². The first-order chi connectivity index (χ1) is 11.4. The Morgan fingerprint density at radius 1 is 0.870 bits per heavy atom. The average molecular weight is 306 g/mol. The molecule has 4 heteroatoms. The predicted octanol–water partition coefficient (Wildman–Crippen LogP) is 2.54. The molecule has 1 aromatic heterocycles. The van der Waals surface area contributed by atoms with Crippen molar-refractivity contribution >= 4 is 5.95 Å². The summed E-state index contributed by atoms with van der Waals surface area (Å²) in [5.74, 6) is 2.27. The monoisotopic (exact) mass is 306 g/mol. The van der Waals surface area contributed by atoms with Crippen molar-refractivity contribution in [2.24, 2.45) is 5.92 Å². The summed E-state index contributed by atoms with van der Waals surface area (Å²) in [6.45, 7) is 3.56. The lowest BCUT2D eigenvalue weighted by Crippen LogP contribution is -2.60. The third kappa shape index (κ3) is 2.08. The lowest BCUT2D eigenvalue weighted by Gasteiger charge is -2.51. The van der Waals surface area contributed by atoms with Crippen LogP contribution in [0.5, 0.6) is 0 Å². The SMILES string of the molecule is c1ccc([C@@H]2CN(c3ncccn3)[C@@H]3C4CCN(CC4)[C@@H]32)cc1. The summed E-state index contributed by atoms with van der Waals surface area (Å²) in [5.41, 5.74) is 1.47. The summed E-state index contributed by atoms with van der Waals surface area (Å²) >= 11 is 0. The molecule has 0 radical (unpaired) electrons. The van der Waals surface area contributed by atoms with Gasteiger partial charge < -0.3 is 4.90 Å². The molecule has 6 rings (SSSR count). The van der Waals surface area contributed by atoms with Gasteiger partial charge in [0.2, 0.25) is 5.95 Å². The molecule has 0 N–H and O–H groups in total. The zero-order valence-electron chi connectivity index (χ0n) is 13.3. The maximum absolute atomic E-state index is 4.56. The third-order valence-electron chi connectivity index (χ3n) is 6.03. The van der Waals surface area contributed by atoms with E-state index in [1.165, 1.54) is 31.5 Å². The molecule has 3 atom stereocenters. The summed E-state index contributed by atoms with van der Waals surface area (Å²) in [6.07, 6.45) is 6.39. The molecule has 0 amide bonds. The molecule has 118 valence electrons. The summed E-state index contributed by atoms with van der Waals surface area (Å²) in [6, 6.07) is 14.1. The van der Waals surface area contributed by atoms with E-state index in [2.05, 4.69) is 50.1 Å². The van der Waals surface area contributed by atoms with E-state index in [9.17, 15) is 0 Å².